The van der Waals surface area contributed by atoms with Crippen molar-refractivity contribution in [1.29, 1.82) is 0 Å². The quantitative estimate of drug-likeness (QED) is 0.857. The Bertz CT molecular complexity index is 631. The van der Waals surface area contributed by atoms with E-state index in [4.69, 9.17) is 4.74 Å². The van der Waals surface area contributed by atoms with Gasteiger partial charge in [0.1, 0.15) is 11.6 Å². The van der Waals surface area contributed by atoms with Crippen LogP contribution >= 0.6 is 11.3 Å². The summed E-state index contributed by atoms with van der Waals surface area (Å²) in [5, 5.41) is 4.86. The topological polar surface area (TPSA) is 91.8 Å². The number of hydrogen-bond acceptors (Lipinski definition) is 6. The minimum atomic E-state index is -0.647. The summed E-state index contributed by atoms with van der Waals surface area (Å²) >= 11 is 1.32. The van der Waals surface area contributed by atoms with E-state index in [1.165, 1.54) is 21.1 Å². The van der Waals surface area contributed by atoms with Crippen LogP contribution in [0, 0.1) is 0 Å². The zero-order valence-corrected chi connectivity index (χ0v) is 14.6. The number of carbonyl (C=O) groups is 3. The van der Waals surface area contributed by atoms with E-state index in [1.807, 2.05) is 0 Å². The molecule has 24 heavy (non-hydrogen) atoms. The van der Waals surface area contributed by atoms with Crippen LogP contribution < -0.4 is 10.2 Å². The molecule has 0 bridgehead atoms. The van der Waals surface area contributed by atoms with Gasteiger partial charge in [0.2, 0.25) is 11.8 Å². The van der Waals surface area contributed by atoms with Crippen LogP contribution in [0.15, 0.2) is 11.6 Å². The maximum absolute atomic E-state index is 12.7. The largest absolute Gasteiger partial charge is 0.443 e. The monoisotopic (exact) mass is 352 g/mol. The van der Waals surface area contributed by atoms with Gasteiger partial charge in [0, 0.05) is 18.1 Å². The first-order valence-electron chi connectivity index (χ1n) is 7.75. The molecular formula is C15H20N4O4S. The molecule has 0 aliphatic carbocycles. The van der Waals surface area contributed by atoms with E-state index in [0.29, 0.717) is 18.1 Å². The minimum absolute atomic E-state index is 0.00570. The fourth-order valence-corrected chi connectivity index (χ4v) is 3.64. The van der Waals surface area contributed by atoms with Gasteiger partial charge in [0.25, 0.3) is 0 Å². The number of nitrogens with one attached hydrogen (secondary N) is 1. The van der Waals surface area contributed by atoms with Gasteiger partial charge in [-0.05, 0) is 27.2 Å². The highest BCUT2D eigenvalue weighted by Gasteiger charge is 2.46. The first kappa shape index (κ1) is 16.7. The minimum Gasteiger partial charge on any atom is -0.443 e. The summed E-state index contributed by atoms with van der Waals surface area (Å²) in [6.45, 7) is 5.68. The van der Waals surface area contributed by atoms with Crippen LogP contribution in [-0.2, 0) is 14.3 Å². The standard InChI is InChI=1S/C15H20N4O4S/c1-15(2,3)23-14(22)19(13-16-4-5-24-13)9-6-10-12(21)17-7-11(20)18(10)8-9/h4-5,9-10H,6-8H2,1-3H3,(H,17,21)/t9-,10-/m0/s1. The fourth-order valence-electron chi connectivity index (χ4n) is 2.94. The van der Waals surface area contributed by atoms with E-state index in [0.717, 1.165) is 0 Å². The van der Waals surface area contributed by atoms with Crippen molar-refractivity contribution in [3.8, 4) is 0 Å². The van der Waals surface area contributed by atoms with Crippen molar-refractivity contribution in [1.82, 2.24) is 15.2 Å². The summed E-state index contributed by atoms with van der Waals surface area (Å²) in [6, 6.07) is -0.884. The highest BCUT2D eigenvalue weighted by Crippen LogP contribution is 2.30. The molecule has 1 N–H and O–H groups in total. The number of thiazole rings is 1. The lowest BCUT2D eigenvalue weighted by Crippen LogP contribution is -2.55. The molecule has 2 fully saturated rings. The molecular weight excluding hydrogens is 332 g/mol. The molecule has 0 aromatic carbocycles. The molecule has 0 saturated carbocycles. The van der Waals surface area contributed by atoms with Gasteiger partial charge in [-0.3, -0.25) is 9.59 Å². The third-order valence-electron chi connectivity index (χ3n) is 3.90. The second-order valence-corrected chi connectivity index (χ2v) is 7.71. The predicted molar refractivity (Wildman–Crippen MR) is 87.7 cm³/mol. The summed E-state index contributed by atoms with van der Waals surface area (Å²) < 4.78 is 5.49. The van der Waals surface area contributed by atoms with E-state index < -0.39 is 17.7 Å². The Morgan fingerprint density at radius 1 is 1.46 bits per heavy atom. The van der Waals surface area contributed by atoms with Crippen LogP contribution in [0.25, 0.3) is 0 Å². The molecule has 3 heterocycles. The van der Waals surface area contributed by atoms with Gasteiger partial charge in [0.15, 0.2) is 5.13 Å². The molecule has 8 nitrogen and oxygen atoms in total. The maximum atomic E-state index is 12.7. The molecule has 130 valence electrons. The lowest BCUT2D eigenvalue weighted by Gasteiger charge is -2.30. The number of rotatable bonds is 2. The molecule has 0 unspecified atom stereocenters. The molecule has 2 aliphatic heterocycles. The van der Waals surface area contributed by atoms with E-state index in [9.17, 15) is 14.4 Å². The van der Waals surface area contributed by atoms with Gasteiger partial charge >= 0.3 is 6.09 Å². The van der Waals surface area contributed by atoms with Gasteiger partial charge in [-0.15, -0.1) is 11.3 Å². The van der Waals surface area contributed by atoms with Crippen LogP contribution in [-0.4, -0.2) is 58.6 Å². The average Bonchev–Trinajstić information content (AvgIpc) is 3.12. The Hall–Kier alpha value is -2.16. The summed E-state index contributed by atoms with van der Waals surface area (Å²) in [4.78, 5) is 43.9. The third kappa shape index (κ3) is 3.21. The van der Waals surface area contributed by atoms with Crippen LogP contribution in [0.5, 0.6) is 0 Å². The zero-order valence-electron chi connectivity index (χ0n) is 13.8. The number of carbonyl (C=O) groups excluding carboxylic acids is 3. The molecule has 2 saturated heterocycles. The number of anilines is 1. The smallest absolute Gasteiger partial charge is 0.416 e. The first-order chi connectivity index (χ1) is 11.3. The molecule has 1 aromatic heterocycles. The van der Waals surface area contributed by atoms with Crippen LogP contribution in [0.3, 0.4) is 0 Å². The summed E-state index contributed by atoms with van der Waals surface area (Å²) in [6.07, 6.45) is 1.46. The second-order valence-electron chi connectivity index (χ2n) is 6.83. The average molecular weight is 352 g/mol. The van der Waals surface area contributed by atoms with Gasteiger partial charge in [-0.2, -0.15) is 0 Å². The van der Waals surface area contributed by atoms with E-state index in [1.54, 1.807) is 32.3 Å². The van der Waals surface area contributed by atoms with Crippen molar-refractivity contribution >= 4 is 34.4 Å². The number of piperazine rings is 1. The Morgan fingerprint density at radius 3 is 2.79 bits per heavy atom. The van der Waals surface area contributed by atoms with Crippen molar-refractivity contribution in [3.63, 3.8) is 0 Å². The van der Waals surface area contributed by atoms with Gasteiger partial charge < -0.3 is 15.0 Å². The number of hydrogen-bond donors (Lipinski definition) is 1. The van der Waals surface area contributed by atoms with E-state index >= 15 is 0 Å². The molecule has 3 rings (SSSR count). The third-order valence-corrected chi connectivity index (χ3v) is 4.67. The molecule has 2 aliphatic rings. The van der Waals surface area contributed by atoms with Gasteiger partial charge in [-0.25, -0.2) is 14.7 Å². The Kier molecular flexibility index (Phi) is 4.20. The second kappa shape index (κ2) is 6.04. The van der Waals surface area contributed by atoms with Gasteiger partial charge in [0.05, 0.1) is 12.6 Å². The lowest BCUT2D eigenvalue weighted by molar-refractivity contribution is -0.143. The molecule has 9 heteroatoms. The molecule has 0 radical (unpaired) electrons. The van der Waals surface area contributed by atoms with Crippen molar-refractivity contribution in [2.24, 2.45) is 0 Å². The SMILES string of the molecule is CC(C)(C)OC(=O)N(c1nccs1)[C@H]1C[C@H]2C(=O)NCC(=O)N2C1. The predicted octanol–water partition coefficient (Wildman–Crippen LogP) is 0.984. The van der Waals surface area contributed by atoms with Gasteiger partial charge in [-0.1, -0.05) is 0 Å². The number of ether oxygens (including phenoxy) is 1. The summed E-state index contributed by atoms with van der Waals surface area (Å²) in [7, 11) is 0. The van der Waals surface area contributed by atoms with E-state index in [2.05, 4.69) is 10.3 Å². The number of fused-ring (bicyclic) bond motifs is 1. The van der Waals surface area contributed by atoms with E-state index in [-0.39, 0.29) is 24.4 Å². The van der Waals surface area contributed by atoms with Crippen LogP contribution in [0.1, 0.15) is 27.2 Å². The van der Waals surface area contributed by atoms with Crippen LogP contribution in [0.2, 0.25) is 0 Å². The number of amides is 3. The van der Waals surface area contributed by atoms with Crippen LogP contribution in [0.4, 0.5) is 9.93 Å². The normalized spacial score (nSPS) is 23.7. The summed E-state index contributed by atoms with van der Waals surface area (Å²) in [5.41, 5.74) is -0.647. The Morgan fingerprint density at radius 2 is 2.21 bits per heavy atom. The molecule has 1 aromatic rings. The first-order valence-corrected chi connectivity index (χ1v) is 8.63. The number of aromatic nitrogens is 1. The van der Waals surface area contributed by atoms with Crippen molar-refractivity contribution in [2.75, 3.05) is 18.0 Å². The van der Waals surface area contributed by atoms with Crippen molar-refractivity contribution in [2.45, 2.75) is 44.9 Å². The highest BCUT2D eigenvalue weighted by atomic mass is 32.1. The fraction of sp³-hybridized carbons (Fsp3) is 0.600. The maximum Gasteiger partial charge on any atom is 0.416 e. The van der Waals surface area contributed by atoms with Crippen molar-refractivity contribution in [3.05, 3.63) is 11.6 Å². The Labute approximate surface area is 143 Å². The highest BCUT2D eigenvalue weighted by molar-refractivity contribution is 7.13. The molecule has 3 amide bonds. The van der Waals surface area contributed by atoms with Crippen molar-refractivity contribution < 1.29 is 19.1 Å². The zero-order chi connectivity index (χ0) is 17.5. The number of nitrogens with zero attached hydrogens (tertiary/aromatic N) is 3. The molecule has 2 atom stereocenters. The summed E-state index contributed by atoms with van der Waals surface area (Å²) in [5.74, 6) is -0.314. The lowest BCUT2D eigenvalue weighted by atomic mass is 10.1. The Balaban J connectivity index is 1.86. The molecule has 0 spiro atoms.